The van der Waals surface area contributed by atoms with E-state index in [-0.39, 0.29) is 0 Å². The largest absolute Gasteiger partial charge is 0.494 e. The molecule has 0 spiro atoms. The van der Waals surface area contributed by atoms with Gasteiger partial charge in [0.1, 0.15) is 5.75 Å². The van der Waals surface area contributed by atoms with Crippen molar-refractivity contribution >= 4 is 0 Å². The molecule has 0 atom stereocenters. The third kappa shape index (κ3) is 4.06. The fourth-order valence-corrected chi connectivity index (χ4v) is 1.95. The van der Waals surface area contributed by atoms with Gasteiger partial charge in [-0.05, 0) is 30.7 Å². The van der Waals surface area contributed by atoms with E-state index in [1.54, 1.807) is 0 Å². The van der Waals surface area contributed by atoms with Gasteiger partial charge in [-0.25, -0.2) is 0 Å². The molecule has 1 aliphatic heterocycles. The topological polar surface area (TPSA) is 21.7 Å². The van der Waals surface area contributed by atoms with Crippen molar-refractivity contribution in [2.24, 2.45) is 0 Å². The van der Waals surface area contributed by atoms with Gasteiger partial charge < -0.3 is 9.47 Å². The van der Waals surface area contributed by atoms with Gasteiger partial charge in [0.2, 0.25) is 0 Å². The molecule has 1 aliphatic rings. The fraction of sp³-hybridized carbons (Fsp3) is 0.467. The van der Waals surface area contributed by atoms with Gasteiger partial charge in [0.05, 0.1) is 19.8 Å². The molecule has 0 saturated carbocycles. The van der Waals surface area contributed by atoms with Crippen LogP contribution < -0.4 is 4.74 Å². The lowest BCUT2D eigenvalue weighted by molar-refractivity contribution is 0.0358. The molecule has 1 aromatic carbocycles. The van der Waals surface area contributed by atoms with Gasteiger partial charge in [-0.1, -0.05) is 5.92 Å². The predicted octanol–water partition coefficient (Wildman–Crippen LogP) is 1.77. The summed E-state index contributed by atoms with van der Waals surface area (Å²) in [7, 11) is 0. The van der Waals surface area contributed by atoms with E-state index in [0.717, 1.165) is 57.2 Å². The van der Waals surface area contributed by atoms with Crippen LogP contribution in [0.4, 0.5) is 0 Å². The lowest BCUT2D eigenvalue weighted by atomic mass is 10.2. The minimum absolute atomic E-state index is 0.743. The molecule has 0 unspecified atom stereocenters. The molecule has 0 bridgehead atoms. The molecule has 3 nitrogen and oxygen atoms in total. The first-order valence-corrected chi connectivity index (χ1v) is 6.38. The summed E-state index contributed by atoms with van der Waals surface area (Å²) in [4.78, 5) is 2.41. The van der Waals surface area contributed by atoms with E-state index in [9.17, 15) is 0 Å². The van der Waals surface area contributed by atoms with Crippen molar-refractivity contribution in [2.45, 2.75) is 6.42 Å². The van der Waals surface area contributed by atoms with Crippen LogP contribution in [0.1, 0.15) is 12.0 Å². The quantitative estimate of drug-likeness (QED) is 0.583. The highest BCUT2D eigenvalue weighted by atomic mass is 16.5. The van der Waals surface area contributed by atoms with Crippen LogP contribution in [0.25, 0.3) is 0 Å². The highest BCUT2D eigenvalue weighted by molar-refractivity contribution is 5.36. The van der Waals surface area contributed by atoms with Crippen LogP contribution in [-0.2, 0) is 4.74 Å². The first kappa shape index (κ1) is 12.9. The Kier molecular flexibility index (Phi) is 5.07. The number of hydrogen-bond acceptors (Lipinski definition) is 3. The van der Waals surface area contributed by atoms with Crippen molar-refractivity contribution in [3.8, 4) is 18.1 Å². The molecule has 1 saturated heterocycles. The monoisotopic (exact) mass is 245 g/mol. The molecular weight excluding hydrogens is 226 g/mol. The van der Waals surface area contributed by atoms with Gasteiger partial charge in [-0.2, -0.15) is 0 Å². The second-order valence-corrected chi connectivity index (χ2v) is 4.32. The van der Waals surface area contributed by atoms with Crippen molar-refractivity contribution in [3.05, 3.63) is 29.8 Å². The van der Waals surface area contributed by atoms with Crippen LogP contribution in [0, 0.1) is 12.3 Å². The van der Waals surface area contributed by atoms with E-state index >= 15 is 0 Å². The molecule has 1 heterocycles. The number of terminal acetylenes is 1. The maximum atomic E-state index is 5.67. The highest BCUT2D eigenvalue weighted by Crippen LogP contribution is 2.11. The van der Waals surface area contributed by atoms with Gasteiger partial charge in [-0.15, -0.1) is 6.42 Å². The third-order valence-corrected chi connectivity index (χ3v) is 3.01. The zero-order valence-electron chi connectivity index (χ0n) is 10.6. The van der Waals surface area contributed by atoms with Gasteiger partial charge in [0, 0.05) is 25.2 Å². The second kappa shape index (κ2) is 7.05. The van der Waals surface area contributed by atoms with E-state index in [0.29, 0.717) is 0 Å². The van der Waals surface area contributed by atoms with Crippen LogP contribution in [-0.4, -0.2) is 44.4 Å². The number of benzene rings is 1. The van der Waals surface area contributed by atoms with E-state index in [1.165, 1.54) is 0 Å². The highest BCUT2D eigenvalue weighted by Gasteiger charge is 2.09. The lowest BCUT2D eigenvalue weighted by Gasteiger charge is -2.26. The first-order valence-electron chi connectivity index (χ1n) is 6.38. The summed E-state index contributed by atoms with van der Waals surface area (Å²) in [5, 5.41) is 0. The van der Waals surface area contributed by atoms with Crippen molar-refractivity contribution < 1.29 is 9.47 Å². The van der Waals surface area contributed by atoms with Crippen molar-refractivity contribution in [1.82, 2.24) is 4.90 Å². The van der Waals surface area contributed by atoms with E-state index < -0.39 is 0 Å². The zero-order valence-corrected chi connectivity index (χ0v) is 10.6. The summed E-state index contributed by atoms with van der Waals surface area (Å²) >= 11 is 0. The Bertz CT molecular complexity index is 388. The second-order valence-electron chi connectivity index (χ2n) is 4.32. The third-order valence-electron chi connectivity index (χ3n) is 3.01. The Hall–Kier alpha value is -1.50. The Morgan fingerprint density at radius 1 is 1.22 bits per heavy atom. The van der Waals surface area contributed by atoms with Crippen LogP contribution >= 0.6 is 0 Å². The average molecular weight is 245 g/mol. The predicted molar refractivity (Wildman–Crippen MR) is 71.7 cm³/mol. The molecule has 2 rings (SSSR count). The molecule has 0 aromatic heterocycles. The van der Waals surface area contributed by atoms with Gasteiger partial charge in [-0.3, -0.25) is 4.90 Å². The molecule has 18 heavy (non-hydrogen) atoms. The average Bonchev–Trinajstić information content (AvgIpc) is 2.45. The number of nitrogens with zero attached hydrogens (tertiary/aromatic N) is 1. The van der Waals surface area contributed by atoms with E-state index in [2.05, 4.69) is 10.8 Å². The Balaban J connectivity index is 1.63. The summed E-state index contributed by atoms with van der Waals surface area (Å²) in [5.74, 6) is 3.48. The van der Waals surface area contributed by atoms with Crippen molar-refractivity contribution in [3.63, 3.8) is 0 Å². The normalized spacial score (nSPS) is 16.2. The summed E-state index contributed by atoms with van der Waals surface area (Å²) in [5.41, 5.74) is 0.885. The number of morpholine rings is 1. The molecule has 3 heteroatoms. The number of hydrogen-bond donors (Lipinski definition) is 0. The number of rotatable bonds is 5. The molecule has 0 aliphatic carbocycles. The maximum absolute atomic E-state index is 5.67. The smallest absolute Gasteiger partial charge is 0.119 e. The molecule has 0 amide bonds. The van der Waals surface area contributed by atoms with Gasteiger partial charge >= 0.3 is 0 Å². The maximum Gasteiger partial charge on any atom is 0.119 e. The van der Waals surface area contributed by atoms with Gasteiger partial charge in [0.15, 0.2) is 0 Å². The summed E-state index contributed by atoms with van der Waals surface area (Å²) in [6.07, 6.45) is 6.34. The van der Waals surface area contributed by atoms with Crippen LogP contribution in [0.5, 0.6) is 5.75 Å². The fourth-order valence-electron chi connectivity index (χ4n) is 1.95. The first-order chi connectivity index (χ1) is 8.88. The molecule has 1 fully saturated rings. The van der Waals surface area contributed by atoms with Crippen molar-refractivity contribution in [1.29, 1.82) is 0 Å². The molecule has 96 valence electrons. The molecule has 1 aromatic rings. The van der Waals surface area contributed by atoms with Gasteiger partial charge in [0.25, 0.3) is 0 Å². The Morgan fingerprint density at radius 3 is 2.61 bits per heavy atom. The SMILES string of the molecule is C#Cc1ccc(OCCCN2CCOCC2)cc1. The van der Waals surface area contributed by atoms with Crippen LogP contribution in [0.15, 0.2) is 24.3 Å². The lowest BCUT2D eigenvalue weighted by Crippen LogP contribution is -2.37. The van der Waals surface area contributed by atoms with Crippen LogP contribution in [0.2, 0.25) is 0 Å². The number of ether oxygens (including phenoxy) is 2. The van der Waals surface area contributed by atoms with Crippen molar-refractivity contribution in [2.75, 3.05) is 39.5 Å². The Morgan fingerprint density at radius 2 is 1.94 bits per heavy atom. The minimum Gasteiger partial charge on any atom is -0.494 e. The molecular formula is C15H19NO2. The van der Waals surface area contributed by atoms with E-state index in [1.807, 2.05) is 24.3 Å². The summed E-state index contributed by atoms with van der Waals surface area (Å²) in [6, 6.07) is 7.64. The zero-order chi connectivity index (χ0) is 12.6. The van der Waals surface area contributed by atoms with Crippen LogP contribution in [0.3, 0.4) is 0 Å². The summed E-state index contributed by atoms with van der Waals surface area (Å²) in [6.45, 7) is 5.61. The summed E-state index contributed by atoms with van der Waals surface area (Å²) < 4.78 is 11.0. The molecule has 0 N–H and O–H groups in total. The Labute approximate surface area is 109 Å². The minimum atomic E-state index is 0.743. The standard InChI is InChI=1S/C15H19NO2/c1-2-14-4-6-15(7-5-14)18-11-3-8-16-9-12-17-13-10-16/h1,4-7H,3,8-13H2. The molecule has 0 radical (unpaired) electrons. The van der Waals surface area contributed by atoms with E-state index in [4.69, 9.17) is 15.9 Å².